The van der Waals surface area contributed by atoms with E-state index in [9.17, 15) is 14.4 Å². The molecule has 146 valence electrons. The molecule has 27 heavy (non-hydrogen) atoms. The zero-order valence-corrected chi connectivity index (χ0v) is 15.8. The van der Waals surface area contributed by atoms with Gasteiger partial charge in [-0.3, -0.25) is 4.79 Å². The molecule has 0 saturated carbocycles. The van der Waals surface area contributed by atoms with Gasteiger partial charge in [0.05, 0.1) is 37.8 Å². The average molecular weight is 399 g/mol. The van der Waals surface area contributed by atoms with E-state index in [2.05, 4.69) is 5.32 Å². The van der Waals surface area contributed by atoms with Crippen molar-refractivity contribution in [3.8, 4) is 0 Å². The maximum atomic E-state index is 12.4. The number of methoxy groups -OCH3 is 3. The van der Waals surface area contributed by atoms with Gasteiger partial charge in [0.25, 0.3) is 0 Å². The summed E-state index contributed by atoms with van der Waals surface area (Å²) in [6.07, 6.45) is 0. The van der Waals surface area contributed by atoms with Gasteiger partial charge >= 0.3 is 11.9 Å². The highest BCUT2D eigenvalue weighted by Gasteiger charge is 2.33. The summed E-state index contributed by atoms with van der Waals surface area (Å²) in [5, 5.41) is 3.01. The molecule has 0 spiro atoms. The monoisotopic (exact) mass is 398 g/mol. The summed E-state index contributed by atoms with van der Waals surface area (Å²) in [7, 11) is 3.78. The van der Waals surface area contributed by atoms with Gasteiger partial charge in [-0.1, -0.05) is 11.6 Å². The highest BCUT2D eigenvalue weighted by molar-refractivity contribution is 6.31. The molecule has 0 radical (unpaired) electrons. The van der Waals surface area contributed by atoms with Crippen molar-refractivity contribution in [3.05, 3.63) is 34.5 Å². The predicted octanol–water partition coefficient (Wildman–Crippen LogP) is 1.32. The number of ether oxygens (including phenoxy) is 4. The number of esters is 2. The van der Waals surface area contributed by atoms with Crippen molar-refractivity contribution in [2.45, 2.75) is 0 Å². The van der Waals surface area contributed by atoms with Crippen LogP contribution in [0.4, 0.5) is 11.4 Å². The summed E-state index contributed by atoms with van der Waals surface area (Å²) in [6, 6.07) is 4.66. The van der Waals surface area contributed by atoms with E-state index in [1.165, 1.54) is 32.3 Å². The van der Waals surface area contributed by atoms with Crippen LogP contribution in [0.3, 0.4) is 0 Å². The molecule has 0 aromatic heterocycles. The lowest BCUT2D eigenvalue weighted by Gasteiger charge is -2.32. The van der Waals surface area contributed by atoms with E-state index in [1.807, 2.05) is 0 Å². The van der Waals surface area contributed by atoms with Crippen LogP contribution < -0.4 is 10.2 Å². The van der Waals surface area contributed by atoms with E-state index in [4.69, 9.17) is 30.5 Å². The first-order valence-electron chi connectivity index (χ1n) is 7.76. The van der Waals surface area contributed by atoms with Crippen molar-refractivity contribution in [1.82, 2.24) is 0 Å². The molecule has 1 heterocycles. The second-order valence-corrected chi connectivity index (χ2v) is 5.80. The SMILES string of the molecule is COCC(=O)Nc1ccc(Cl)cc1N1COCC(C(=O)OC)=C1C(=O)OC. The minimum Gasteiger partial charge on any atom is -0.466 e. The van der Waals surface area contributed by atoms with E-state index in [0.717, 1.165) is 0 Å². The third kappa shape index (κ3) is 4.76. The number of carbonyl (C=O) groups excluding carboxylic acids is 3. The quantitative estimate of drug-likeness (QED) is 0.715. The third-order valence-corrected chi connectivity index (χ3v) is 3.87. The Morgan fingerprint density at radius 2 is 1.89 bits per heavy atom. The molecular weight excluding hydrogens is 380 g/mol. The average Bonchev–Trinajstić information content (AvgIpc) is 2.67. The minimum absolute atomic E-state index is 0.00950. The Morgan fingerprint density at radius 1 is 1.19 bits per heavy atom. The van der Waals surface area contributed by atoms with Crippen LogP contribution in [0, 0.1) is 0 Å². The smallest absolute Gasteiger partial charge is 0.355 e. The van der Waals surface area contributed by atoms with Crippen LogP contribution in [0.15, 0.2) is 29.5 Å². The summed E-state index contributed by atoms with van der Waals surface area (Å²) >= 11 is 6.09. The number of hydrogen-bond donors (Lipinski definition) is 1. The number of halogens is 1. The molecule has 0 aliphatic carbocycles. The molecule has 2 rings (SSSR count). The van der Waals surface area contributed by atoms with Crippen molar-refractivity contribution in [1.29, 1.82) is 0 Å². The number of amides is 1. The van der Waals surface area contributed by atoms with Gasteiger partial charge < -0.3 is 29.2 Å². The number of benzene rings is 1. The number of nitrogens with one attached hydrogen (secondary N) is 1. The number of anilines is 2. The van der Waals surface area contributed by atoms with Crippen molar-refractivity contribution >= 4 is 40.8 Å². The molecule has 1 amide bonds. The second kappa shape index (κ2) is 9.36. The molecule has 1 aromatic rings. The molecule has 0 bridgehead atoms. The molecule has 0 unspecified atom stereocenters. The number of carbonyl (C=O) groups is 3. The fourth-order valence-corrected chi connectivity index (χ4v) is 2.65. The maximum absolute atomic E-state index is 12.4. The van der Waals surface area contributed by atoms with Crippen molar-refractivity contribution in [2.24, 2.45) is 0 Å². The van der Waals surface area contributed by atoms with E-state index in [1.54, 1.807) is 12.1 Å². The Kier molecular flexibility index (Phi) is 7.17. The zero-order valence-electron chi connectivity index (χ0n) is 15.0. The summed E-state index contributed by atoms with van der Waals surface area (Å²) in [5.41, 5.74) is 0.621. The van der Waals surface area contributed by atoms with Gasteiger partial charge in [0, 0.05) is 12.1 Å². The van der Waals surface area contributed by atoms with Crippen LogP contribution in [0.5, 0.6) is 0 Å². The Morgan fingerprint density at radius 3 is 2.52 bits per heavy atom. The second-order valence-electron chi connectivity index (χ2n) is 5.36. The lowest BCUT2D eigenvalue weighted by atomic mass is 10.1. The number of hydrogen-bond acceptors (Lipinski definition) is 8. The standard InChI is InChI=1S/C17H19ClN2O7/c1-24-8-14(21)19-12-5-4-10(18)6-13(12)20-9-27-7-11(16(22)25-2)15(20)17(23)26-3/h4-6H,7-9H2,1-3H3,(H,19,21). The van der Waals surface area contributed by atoms with Crippen LogP contribution in [-0.4, -0.2) is 59.1 Å². The molecule has 10 heteroatoms. The van der Waals surface area contributed by atoms with Crippen LogP contribution in [0.2, 0.25) is 5.02 Å². The summed E-state index contributed by atoms with van der Waals surface area (Å²) in [6.45, 7) is -0.358. The van der Waals surface area contributed by atoms with E-state index in [0.29, 0.717) is 16.4 Å². The maximum Gasteiger partial charge on any atom is 0.355 e. The highest BCUT2D eigenvalue weighted by Crippen LogP contribution is 2.34. The molecule has 0 saturated heterocycles. The zero-order chi connectivity index (χ0) is 20.0. The molecule has 9 nitrogen and oxygen atoms in total. The Hall–Kier alpha value is -2.62. The number of rotatable bonds is 6. The lowest BCUT2D eigenvalue weighted by molar-refractivity contribution is -0.140. The Labute approximate surface area is 160 Å². The largest absolute Gasteiger partial charge is 0.466 e. The fraction of sp³-hybridized carbons (Fsp3) is 0.353. The number of nitrogens with zero attached hydrogens (tertiary/aromatic N) is 1. The fourth-order valence-electron chi connectivity index (χ4n) is 2.48. The molecule has 1 aromatic carbocycles. The van der Waals surface area contributed by atoms with E-state index >= 15 is 0 Å². The Bertz CT molecular complexity index is 779. The van der Waals surface area contributed by atoms with E-state index in [-0.39, 0.29) is 31.2 Å². The van der Waals surface area contributed by atoms with Gasteiger partial charge in [0.1, 0.15) is 19.0 Å². The van der Waals surface area contributed by atoms with Crippen molar-refractivity contribution in [3.63, 3.8) is 0 Å². The Balaban J connectivity index is 2.56. The lowest BCUT2D eigenvalue weighted by Crippen LogP contribution is -2.39. The first-order chi connectivity index (χ1) is 12.9. The molecule has 0 atom stereocenters. The van der Waals surface area contributed by atoms with Crippen LogP contribution in [0.25, 0.3) is 0 Å². The van der Waals surface area contributed by atoms with Crippen LogP contribution >= 0.6 is 11.6 Å². The molecule has 1 aliphatic heterocycles. The topological polar surface area (TPSA) is 103 Å². The summed E-state index contributed by atoms with van der Waals surface area (Å²) in [4.78, 5) is 37.8. The van der Waals surface area contributed by atoms with Gasteiger partial charge in [-0.2, -0.15) is 0 Å². The first kappa shape index (κ1) is 20.7. The predicted molar refractivity (Wildman–Crippen MR) is 96.3 cm³/mol. The van der Waals surface area contributed by atoms with Gasteiger partial charge in [0.15, 0.2) is 0 Å². The minimum atomic E-state index is -0.757. The molecule has 1 aliphatic rings. The van der Waals surface area contributed by atoms with Crippen LogP contribution in [0.1, 0.15) is 0 Å². The third-order valence-electron chi connectivity index (χ3n) is 3.63. The van der Waals surface area contributed by atoms with Gasteiger partial charge in [0.2, 0.25) is 5.91 Å². The van der Waals surface area contributed by atoms with Gasteiger partial charge in [-0.05, 0) is 18.2 Å². The van der Waals surface area contributed by atoms with Gasteiger partial charge in [-0.25, -0.2) is 9.59 Å². The molecule has 1 N–H and O–H groups in total. The summed E-state index contributed by atoms with van der Waals surface area (Å²) in [5.74, 6) is -1.89. The summed E-state index contributed by atoms with van der Waals surface area (Å²) < 4.78 is 19.8. The molecule has 0 fully saturated rings. The van der Waals surface area contributed by atoms with Gasteiger partial charge in [-0.15, -0.1) is 0 Å². The van der Waals surface area contributed by atoms with Crippen molar-refractivity contribution < 1.29 is 33.3 Å². The van der Waals surface area contributed by atoms with Crippen LogP contribution in [-0.2, 0) is 33.3 Å². The van der Waals surface area contributed by atoms with Crippen molar-refractivity contribution in [2.75, 3.05) is 51.5 Å². The highest BCUT2D eigenvalue weighted by atomic mass is 35.5. The normalized spacial score (nSPS) is 14.0. The van der Waals surface area contributed by atoms with E-state index < -0.39 is 17.8 Å². The first-order valence-corrected chi connectivity index (χ1v) is 8.14. The molecular formula is C17H19ClN2O7.